The number of aromatic amines is 1. The zero-order valence-electron chi connectivity index (χ0n) is 13.5. The van der Waals surface area contributed by atoms with E-state index in [1.807, 2.05) is 42.3 Å². The second-order valence-corrected chi connectivity index (χ2v) is 5.77. The summed E-state index contributed by atoms with van der Waals surface area (Å²) in [5, 5.41) is 10.1. The van der Waals surface area contributed by atoms with Gasteiger partial charge in [0.1, 0.15) is 0 Å². The van der Waals surface area contributed by atoms with E-state index in [2.05, 4.69) is 4.98 Å². The average Bonchev–Trinajstić information content (AvgIpc) is 2.52. The molecule has 1 heterocycles. The first-order valence-electron chi connectivity index (χ1n) is 7.69. The molecule has 23 heavy (non-hydrogen) atoms. The second kappa shape index (κ2) is 7.89. The van der Waals surface area contributed by atoms with E-state index in [0.717, 1.165) is 5.56 Å². The molecule has 0 saturated heterocycles. The number of rotatable bonds is 7. The lowest BCUT2D eigenvalue weighted by molar-refractivity contribution is 0.148. The van der Waals surface area contributed by atoms with Crippen LogP contribution >= 0.6 is 0 Å². The maximum Gasteiger partial charge on any atom is 0.328 e. The molecule has 0 spiro atoms. The molecular weight excluding hydrogens is 294 g/mol. The molecule has 0 amide bonds. The van der Waals surface area contributed by atoms with Crippen LogP contribution in [0.25, 0.3) is 0 Å². The van der Waals surface area contributed by atoms with E-state index in [-0.39, 0.29) is 11.2 Å². The van der Waals surface area contributed by atoms with Gasteiger partial charge in [-0.15, -0.1) is 0 Å². The maximum absolute atomic E-state index is 11.8. The molecule has 2 rings (SSSR count). The summed E-state index contributed by atoms with van der Waals surface area (Å²) >= 11 is 0. The van der Waals surface area contributed by atoms with E-state index in [4.69, 9.17) is 0 Å². The Morgan fingerprint density at radius 3 is 2.57 bits per heavy atom. The van der Waals surface area contributed by atoms with Crippen molar-refractivity contribution >= 4 is 0 Å². The molecule has 0 aliphatic heterocycles. The Balaban J connectivity index is 1.85. The smallest absolute Gasteiger partial charge is 0.328 e. The monoisotopic (exact) mass is 317 g/mol. The van der Waals surface area contributed by atoms with Gasteiger partial charge in [0.15, 0.2) is 0 Å². The van der Waals surface area contributed by atoms with Crippen LogP contribution in [0.2, 0.25) is 0 Å². The van der Waals surface area contributed by atoms with Crippen molar-refractivity contribution in [3.63, 3.8) is 0 Å². The molecule has 0 fully saturated rings. The van der Waals surface area contributed by atoms with E-state index < -0.39 is 6.10 Å². The fourth-order valence-electron chi connectivity index (χ4n) is 2.41. The number of H-pyrrole nitrogens is 1. The topological polar surface area (TPSA) is 78.3 Å². The number of nitrogens with one attached hydrogen (secondary N) is 1. The van der Waals surface area contributed by atoms with Gasteiger partial charge in [-0.3, -0.25) is 9.36 Å². The highest BCUT2D eigenvalue weighted by Crippen LogP contribution is 2.15. The van der Waals surface area contributed by atoms with Crippen LogP contribution in [-0.4, -0.2) is 39.7 Å². The van der Waals surface area contributed by atoms with Crippen LogP contribution in [0.5, 0.6) is 0 Å². The molecule has 0 bridgehead atoms. The number of aliphatic hydroxyl groups excluding tert-OH is 1. The van der Waals surface area contributed by atoms with Crippen molar-refractivity contribution in [3.05, 3.63) is 68.5 Å². The van der Waals surface area contributed by atoms with E-state index in [1.165, 1.54) is 10.6 Å². The van der Waals surface area contributed by atoms with Crippen LogP contribution in [0, 0.1) is 6.92 Å². The van der Waals surface area contributed by atoms with Gasteiger partial charge in [-0.1, -0.05) is 30.3 Å². The summed E-state index contributed by atoms with van der Waals surface area (Å²) < 4.78 is 1.19. The Labute approximate surface area is 135 Å². The van der Waals surface area contributed by atoms with Gasteiger partial charge in [-0.2, -0.15) is 0 Å². The Morgan fingerprint density at radius 1 is 1.22 bits per heavy atom. The number of hydrogen-bond donors (Lipinski definition) is 2. The molecule has 0 radical (unpaired) electrons. The maximum atomic E-state index is 11.8. The van der Waals surface area contributed by atoms with Gasteiger partial charge >= 0.3 is 5.69 Å². The van der Waals surface area contributed by atoms with Gasteiger partial charge in [-0.25, -0.2) is 4.79 Å². The molecule has 6 nitrogen and oxygen atoms in total. The van der Waals surface area contributed by atoms with Crippen molar-refractivity contribution in [1.82, 2.24) is 14.5 Å². The van der Waals surface area contributed by atoms with E-state index in [9.17, 15) is 14.7 Å². The van der Waals surface area contributed by atoms with Gasteiger partial charge in [-0.05, 0) is 26.0 Å². The van der Waals surface area contributed by atoms with Crippen molar-refractivity contribution in [2.75, 3.05) is 20.1 Å². The molecule has 0 saturated carbocycles. The third-order valence-corrected chi connectivity index (χ3v) is 3.83. The summed E-state index contributed by atoms with van der Waals surface area (Å²) in [4.78, 5) is 28.2. The SMILES string of the molecule is Cc1cc(=O)n(CCN(C)CCC(O)c2ccccc2)c(=O)[nH]1. The number of benzene rings is 1. The molecule has 1 unspecified atom stereocenters. The van der Waals surface area contributed by atoms with Crippen molar-refractivity contribution in [2.45, 2.75) is 26.0 Å². The Morgan fingerprint density at radius 2 is 1.91 bits per heavy atom. The molecular formula is C17H23N3O3. The van der Waals surface area contributed by atoms with E-state index in [1.54, 1.807) is 6.92 Å². The molecule has 1 aromatic carbocycles. The van der Waals surface area contributed by atoms with Crippen molar-refractivity contribution in [3.8, 4) is 0 Å². The average molecular weight is 317 g/mol. The summed E-state index contributed by atoms with van der Waals surface area (Å²) in [6.45, 7) is 3.25. The third kappa shape index (κ3) is 4.91. The van der Waals surface area contributed by atoms with Gasteiger partial charge in [0, 0.05) is 31.4 Å². The van der Waals surface area contributed by atoms with Crippen LogP contribution in [-0.2, 0) is 6.54 Å². The fraction of sp³-hybridized carbons (Fsp3) is 0.412. The first-order chi connectivity index (χ1) is 11.0. The molecule has 1 aromatic heterocycles. The summed E-state index contributed by atoms with van der Waals surface area (Å²) in [5.74, 6) is 0. The molecule has 6 heteroatoms. The number of aryl methyl sites for hydroxylation is 1. The van der Waals surface area contributed by atoms with Crippen LogP contribution in [0.4, 0.5) is 0 Å². The lowest BCUT2D eigenvalue weighted by atomic mass is 10.1. The fourth-order valence-corrected chi connectivity index (χ4v) is 2.41. The van der Waals surface area contributed by atoms with Gasteiger partial charge in [0.2, 0.25) is 0 Å². The lowest BCUT2D eigenvalue weighted by Crippen LogP contribution is -2.38. The molecule has 1 atom stereocenters. The summed E-state index contributed by atoms with van der Waals surface area (Å²) in [6, 6.07) is 10.9. The molecule has 124 valence electrons. The largest absolute Gasteiger partial charge is 0.388 e. The molecule has 2 aromatic rings. The standard InChI is InChI=1S/C17H23N3O3/c1-13-12-16(22)20(17(23)18-13)11-10-19(2)9-8-15(21)14-6-4-3-5-7-14/h3-7,12,15,21H,8-11H2,1-2H3,(H,18,23). The quantitative estimate of drug-likeness (QED) is 0.795. The van der Waals surface area contributed by atoms with Crippen molar-refractivity contribution < 1.29 is 5.11 Å². The highest BCUT2D eigenvalue weighted by Gasteiger charge is 2.09. The number of aromatic nitrogens is 2. The van der Waals surface area contributed by atoms with E-state index in [0.29, 0.717) is 31.7 Å². The number of aliphatic hydroxyl groups is 1. The Bertz CT molecular complexity index is 705. The minimum absolute atomic E-state index is 0.288. The van der Waals surface area contributed by atoms with Crippen LogP contribution < -0.4 is 11.2 Å². The van der Waals surface area contributed by atoms with Crippen molar-refractivity contribution in [2.24, 2.45) is 0 Å². The highest BCUT2D eigenvalue weighted by atomic mass is 16.3. The number of likely N-dealkylation sites (N-methyl/N-ethyl adjacent to an activating group) is 1. The zero-order chi connectivity index (χ0) is 16.8. The third-order valence-electron chi connectivity index (χ3n) is 3.83. The second-order valence-electron chi connectivity index (χ2n) is 5.77. The first-order valence-corrected chi connectivity index (χ1v) is 7.69. The van der Waals surface area contributed by atoms with Crippen LogP contribution in [0.15, 0.2) is 46.0 Å². The number of nitrogens with zero attached hydrogens (tertiary/aromatic N) is 2. The van der Waals surface area contributed by atoms with Gasteiger partial charge < -0.3 is 15.0 Å². The summed E-state index contributed by atoms with van der Waals surface area (Å²) in [7, 11) is 1.91. The minimum Gasteiger partial charge on any atom is -0.388 e. The predicted molar refractivity (Wildman–Crippen MR) is 89.6 cm³/mol. The summed E-state index contributed by atoms with van der Waals surface area (Å²) in [6.07, 6.45) is 0.0868. The Kier molecular flexibility index (Phi) is 5.90. The van der Waals surface area contributed by atoms with Crippen molar-refractivity contribution in [1.29, 1.82) is 0 Å². The minimum atomic E-state index is -0.510. The number of hydrogen-bond acceptors (Lipinski definition) is 4. The predicted octanol–water partition coefficient (Wildman–Crippen LogP) is 0.901. The normalized spacial score (nSPS) is 12.5. The van der Waals surface area contributed by atoms with E-state index >= 15 is 0 Å². The Hall–Kier alpha value is -2.18. The molecule has 2 N–H and O–H groups in total. The summed E-state index contributed by atoms with van der Waals surface area (Å²) in [5.41, 5.74) is 0.791. The lowest BCUT2D eigenvalue weighted by Gasteiger charge is -2.19. The van der Waals surface area contributed by atoms with Gasteiger partial charge in [0.05, 0.1) is 6.10 Å². The highest BCUT2D eigenvalue weighted by molar-refractivity contribution is 5.17. The van der Waals surface area contributed by atoms with Gasteiger partial charge in [0.25, 0.3) is 5.56 Å². The van der Waals surface area contributed by atoms with Crippen LogP contribution in [0.3, 0.4) is 0 Å². The zero-order valence-corrected chi connectivity index (χ0v) is 13.5. The molecule has 0 aliphatic rings. The first kappa shape index (κ1) is 17.2. The molecule has 0 aliphatic carbocycles. The van der Waals surface area contributed by atoms with Crippen LogP contribution in [0.1, 0.15) is 23.8 Å².